The molecule has 0 radical (unpaired) electrons. The van der Waals surface area contributed by atoms with Crippen molar-refractivity contribution in [3.63, 3.8) is 0 Å². The molecule has 0 saturated heterocycles. The molecule has 4 heteroatoms. The summed E-state index contributed by atoms with van der Waals surface area (Å²) in [6, 6.07) is 11.5. The highest BCUT2D eigenvalue weighted by atomic mass is 16.3. The van der Waals surface area contributed by atoms with Gasteiger partial charge in [-0.2, -0.15) is 5.10 Å². The summed E-state index contributed by atoms with van der Waals surface area (Å²) in [6.07, 6.45) is 3.50. The zero-order valence-corrected chi connectivity index (χ0v) is 9.11. The van der Waals surface area contributed by atoms with Crippen molar-refractivity contribution in [1.82, 2.24) is 14.6 Å². The molecule has 0 spiro atoms. The molecule has 84 valence electrons. The van der Waals surface area contributed by atoms with E-state index in [0.29, 0.717) is 0 Å². The predicted octanol–water partition coefficient (Wildman–Crippen LogP) is 1.89. The van der Waals surface area contributed by atoms with E-state index in [-0.39, 0.29) is 6.61 Å². The number of hydrogen-bond acceptors (Lipinski definition) is 3. The molecule has 17 heavy (non-hydrogen) atoms. The van der Waals surface area contributed by atoms with Gasteiger partial charge in [0.25, 0.3) is 0 Å². The number of aliphatic hydroxyl groups excluding tert-OH is 1. The number of hydrogen-bond donors (Lipinski definition) is 1. The average molecular weight is 225 g/mol. The Morgan fingerprint density at radius 2 is 2.00 bits per heavy atom. The van der Waals surface area contributed by atoms with E-state index >= 15 is 0 Å². The third kappa shape index (κ3) is 1.59. The Balaban J connectivity index is 2.27. The quantitative estimate of drug-likeness (QED) is 0.724. The minimum atomic E-state index is 0.0102. The van der Waals surface area contributed by atoms with Crippen LogP contribution in [0.3, 0.4) is 0 Å². The number of benzene rings is 1. The summed E-state index contributed by atoms with van der Waals surface area (Å²) in [7, 11) is 0. The maximum Gasteiger partial charge on any atom is 0.154 e. The summed E-state index contributed by atoms with van der Waals surface area (Å²) in [5, 5.41) is 13.6. The average Bonchev–Trinajstić information content (AvgIpc) is 2.82. The molecule has 2 aromatic heterocycles. The maximum atomic E-state index is 9.34. The van der Waals surface area contributed by atoms with Gasteiger partial charge in [-0.1, -0.05) is 24.3 Å². The molecule has 0 amide bonds. The SMILES string of the molecule is OCc1ccccc1-c1cnc2cccnn12. The Bertz CT molecular complexity index is 660. The second kappa shape index (κ2) is 3.99. The summed E-state index contributed by atoms with van der Waals surface area (Å²) in [5.74, 6) is 0. The molecule has 2 heterocycles. The van der Waals surface area contributed by atoms with E-state index in [1.54, 1.807) is 16.9 Å². The van der Waals surface area contributed by atoms with Gasteiger partial charge < -0.3 is 5.11 Å². The van der Waals surface area contributed by atoms with Gasteiger partial charge in [0.05, 0.1) is 18.5 Å². The van der Waals surface area contributed by atoms with Crippen LogP contribution in [-0.2, 0) is 6.61 Å². The molecule has 0 saturated carbocycles. The van der Waals surface area contributed by atoms with Gasteiger partial charge in [-0.25, -0.2) is 9.50 Å². The van der Waals surface area contributed by atoms with Crippen molar-refractivity contribution < 1.29 is 5.11 Å². The maximum absolute atomic E-state index is 9.34. The van der Waals surface area contributed by atoms with E-state index in [4.69, 9.17) is 0 Å². The molecule has 0 atom stereocenters. The van der Waals surface area contributed by atoms with Crippen LogP contribution in [0.2, 0.25) is 0 Å². The van der Waals surface area contributed by atoms with Gasteiger partial charge in [0, 0.05) is 11.8 Å². The fraction of sp³-hybridized carbons (Fsp3) is 0.0769. The van der Waals surface area contributed by atoms with Gasteiger partial charge in [0.2, 0.25) is 0 Å². The smallest absolute Gasteiger partial charge is 0.154 e. The van der Waals surface area contributed by atoms with Crippen molar-refractivity contribution in [3.05, 3.63) is 54.4 Å². The molecule has 3 rings (SSSR count). The highest BCUT2D eigenvalue weighted by Crippen LogP contribution is 2.23. The van der Waals surface area contributed by atoms with Crippen LogP contribution in [0.25, 0.3) is 16.9 Å². The third-order valence-electron chi connectivity index (χ3n) is 2.74. The molecule has 3 aromatic rings. The second-order valence-electron chi connectivity index (χ2n) is 3.75. The summed E-state index contributed by atoms with van der Waals surface area (Å²) in [6.45, 7) is 0.0102. The molecule has 1 aromatic carbocycles. The van der Waals surface area contributed by atoms with Crippen LogP contribution in [-0.4, -0.2) is 19.7 Å². The van der Waals surface area contributed by atoms with E-state index in [9.17, 15) is 5.11 Å². The van der Waals surface area contributed by atoms with Crippen LogP contribution in [0, 0.1) is 0 Å². The van der Waals surface area contributed by atoms with E-state index in [0.717, 1.165) is 22.5 Å². The van der Waals surface area contributed by atoms with Crippen molar-refractivity contribution in [2.45, 2.75) is 6.61 Å². The van der Waals surface area contributed by atoms with Crippen molar-refractivity contribution in [2.75, 3.05) is 0 Å². The second-order valence-corrected chi connectivity index (χ2v) is 3.75. The first kappa shape index (κ1) is 9.99. The zero-order chi connectivity index (χ0) is 11.7. The van der Waals surface area contributed by atoms with Gasteiger partial charge in [-0.05, 0) is 17.7 Å². The number of aliphatic hydroxyl groups is 1. The molecule has 0 aliphatic rings. The fourth-order valence-electron chi connectivity index (χ4n) is 1.92. The van der Waals surface area contributed by atoms with Gasteiger partial charge in [-0.15, -0.1) is 0 Å². The van der Waals surface area contributed by atoms with Crippen LogP contribution in [0.15, 0.2) is 48.8 Å². The van der Waals surface area contributed by atoms with Crippen molar-refractivity contribution in [1.29, 1.82) is 0 Å². The normalized spacial score (nSPS) is 10.9. The first-order valence-corrected chi connectivity index (χ1v) is 5.38. The lowest BCUT2D eigenvalue weighted by molar-refractivity contribution is 0.282. The summed E-state index contributed by atoms with van der Waals surface area (Å²) in [4.78, 5) is 4.29. The highest BCUT2D eigenvalue weighted by molar-refractivity contribution is 5.66. The van der Waals surface area contributed by atoms with Gasteiger partial charge >= 0.3 is 0 Å². The van der Waals surface area contributed by atoms with E-state index in [1.807, 2.05) is 36.4 Å². The molecule has 0 aliphatic heterocycles. The minimum Gasteiger partial charge on any atom is -0.392 e. The Labute approximate surface area is 98.2 Å². The lowest BCUT2D eigenvalue weighted by Gasteiger charge is -2.05. The lowest BCUT2D eigenvalue weighted by atomic mass is 10.1. The highest BCUT2D eigenvalue weighted by Gasteiger charge is 2.09. The van der Waals surface area contributed by atoms with Crippen LogP contribution >= 0.6 is 0 Å². The Kier molecular flexibility index (Phi) is 2.34. The topological polar surface area (TPSA) is 50.4 Å². The van der Waals surface area contributed by atoms with Crippen LogP contribution in [0.5, 0.6) is 0 Å². The molecule has 4 nitrogen and oxygen atoms in total. The van der Waals surface area contributed by atoms with E-state index < -0.39 is 0 Å². The van der Waals surface area contributed by atoms with Crippen LogP contribution in [0.4, 0.5) is 0 Å². The largest absolute Gasteiger partial charge is 0.392 e. The van der Waals surface area contributed by atoms with Gasteiger partial charge in [-0.3, -0.25) is 0 Å². The monoisotopic (exact) mass is 225 g/mol. The van der Waals surface area contributed by atoms with Crippen molar-refractivity contribution in [2.24, 2.45) is 0 Å². The third-order valence-corrected chi connectivity index (χ3v) is 2.74. The zero-order valence-electron chi connectivity index (χ0n) is 9.11. The molecule has 0 bridgehead atoms. The lowest BCUT2D eigenvalue weighted by Crippen LogP contribution is -1.95. The van der Waals surface area contributed by atoms with Crippen LogP contribution in [0.1, 0.15) is 5.56 Å². The number of nitrogens with zero attached hydrogens (tertiary/aromatic N) is 3. The number of fused-ring (bicyclic) bond motifs is 1. The minimum absolute atomic E-state index is 0.0102. The molecule has 0 aliphatic carbocycles. The first-order chi connectivity index (χ1) is 8.40. The fourth-order valence-corrected chi connectivity index (χ4v) is 1.92. The molecular weight excluding hydrogens is 214 g/mol. The molecule has 1 N–H and O–H groups in total. The standard InChI is InChI=1S/C13H11N3O/c17-9-10-4-1-2-5-11(10)12-8-14-13-6-3-7-15-16(12)13/h1-8,17H,9H2. The van der Waals surface area contributed by atoms with E-state index in [2.05, 4.69) is 10.1 Å². The molecule has 0 unspecified atom stereocenters. The number of rotatable bonds is 2. The molecule has 0 fully saturated rings. The Morgan fingerprint density at radius 3 is 2.88 bits per heavy atom. The van der Waals surface area contributed by atoms with Crippen molar-refractivity contribution >= 4 is 5.65 Å². The predicted molar refractivity (Wildman–Crippen MR) is 64.3 cm³/mol. The summed E-state index contributed by atoms with van der Waals surface area (Å²) < 4.78 is 1.77. The van der Waals surface area contributed by atoms with Crippen molar-refractivity contribution in [3.8, 4) is 11.3 Å². The first-order valence-electron chi connectivity index (χ1n) is 5.38. The Hall–Kier alpha value is -2.20. The summed E-state index contributed by atoms with van der Waals surface area (Å²) in [5.41, 5.74) is 3.53. The van der Waals surface area contributed by atoms with Gasteiger partial charge in [0.15, 0.2) is 5.65 Å². The number of aromatic nitrogens is 3. The van der Waals surface area contributed by atoms with E-state index in [1.165, 1.54) is 0 Å². The Morgan fingerprint density at radius 1 is 1.12 bits per heavy atom. The van der Waals surface area contributed by atoms with Gasteiger partial charge in [0.1, 0.15) is 0 Å². The number of imidazole rings is 1. The van der Waals surface area contributed by atoms with Crippen LogP contribution < -0.4 is 0 Å². The summed E-state index contributed by atoms with van der Waals surface area (Å²) >= 11 is 0. The molecular formula is C13H11N3O.